The highest BCUT2D eigenvalue weighted by atomic mass is 79.9. The van der Waals surface area contributed by atoms with Gasteiger partial charge in [-0.15, -0.1) is 5.10 Å². The van der Waals surface area contributed by atoms with Crippen molar-refractivity contribution in [2.75, 3.05) is 18.8 Å². The van der Waals surface area contributed by atoms with E-state index in [-0.39, 0.29) is 12.2 Å². The van der Waals surface area contributed by atoms with E-state index in [4.69, 9.17) is 14.9 Å². The molecule has 0 amide bonds. The quantitative estimate of drug-likeness (QED) is 0.721. The molecule has 2 N–H and O–H groups in total. The highest BCUT2D eigenvalue weighted by molar-refractivity contribution is 9.10. The fraction of sp³-hybridized carbons (Fsp3) is 0.412. The highest BCUT2D eigenvalue weighted by Gasteiger charge is 2.22. The first kappa shape index (κ1) is 16.6. The molecule has 1 fully saturated rings. The third-order valence-corrected chi connectivity index (χ3v) is 4.65. The van der Waals surface area contributed by atoms with E-state index in [1.165, 1.54) is 0 Å². The first-order chi connectivity index (χ1) is 12.0. The molecule has 0 unspecified atom stereocenters. The molecule has 7 nitrogen and oxygen atoms in total. The summed E-state index contributed by atoms with van der Waals surface area (Å²) in [6.07, 6.45) is 0.476. The number of nitrogens with zero attached hydrogens (tertiary/aromatic N) is 4. The Hall–Kier alpha value is -1.90. The first-order valence-electron chi connectivity index (χ1n) is 8.26. The number of fused-ring (bicyclic) bond motifs is 1. The van der Waals surface area contributed by atoms with Gasteiger partial charge >= 0.3 is 0 Å². The molecule has 4 rings (SSSR count). The molecule has 0 aromatic carbocycles. The second kappa shape index (κ2) is 6.44. The fourth-order valence-electron chi connectivity index (χ4n) is 3.37. The Morgan fingerprint density at radius 1 is 1.24 bits per heavy atom. The minimum atomic E-state index is 0.238. The second-order valence-electron chi connectivity index (χ2n) is 6.55. The zero-order chi connectivity index (χ0) is 17.6. The molecule has 4 heterocycles. The largest absolute Gasteiger partial charge is 0.446 e. The van der Waals surface area contributed by atoms with Crippen LogP contribution in [0.1, 0.15) is 19.4 Å². The lowest BCUT2D eigenvalue weighted by Crippen LogP contribution is -2.44. The molecule has 0 saturated carbocycles. The summed E-state index contributed by atoms with van der Waals surface area (Å²) in [5.74, 6) is 1.68. The Morgan fingerprint density at radius 2 is 2.00 bits per heavy atom. The van der Waals surface area contributed by atoms with Crippen molar-refractivity contribution in [1.29, 1.82) is 0 Å². The molecule has 132 valence electrons. The molecule has 1 aliphatic heterocycles. The van der Waals surface area contributed by atoms with Gasteiger partial charge in [0.25, 0.3) is 0 Å². The van der Waals surface area contributed by atoms with Crippen LogP contribution >= 0.6 is 15.9 Å². The lowest BCUT2D eigenvalue weighted by atomic mass is 10.2. The summed E-state index contributed by atoms with van der Waals surface area (Å²) < 4.78 is 13.6. The Bertz CT molecular complexity index is 896. The van der Waals surface area contributed by atoms with E-state index in [1.54, 1.807) is 4.52 Å². The number of nitrogens with two attached hydrogens (primary N) is 1. The molecule has 0 aliphatic carbocycles. The van der Waals surface area contributed by atoms with Crippen molar-refractivity contribution in [2.45, 2.75) is 32.6 Å². The number of pyridine rings is 1. The molecule has 1 saturated heterocycles. The van der Waals surface area contributed by atoms with E-state index in [0.29, 0.717) is 27.7 Å². The lowest BCUT2D eigenvalue weighted by Gasteiger charge is -2.35. The molecule has 0 radical (unpaired) electrons. The van der Waals surface area contributed by atoms with Crippen LogP contribution in [0.4, 0.5) is 5.82 Å². The number of hydrogen-bond acceptors (Lipinski definition) is 6. The van der Waals surface area contributed by atoms with Crippen LogP contribution in [0.3, 0.4) is 0 Å². The van der Waals surface area contributed by atoms with Gasteiger partial charge in [0.05, 0.1) is 12.2 Å². The van der Waals surface area contributed by atoms with Gasteiger partial charge in [-0.1, -0.05) is 0 Å². The summed E-state index contributed by atoms with van der Waals surface area (Å²) in [5.41, 5.74) is 8.02. The van der Waals surface area contributed by atoms with Gasteiger partial charge in [-0.2, -0.15) is 4.52 Å². The fourth-order valence-corrected chi connectivity index (χ4v) is 3.67. The third-order valence-electron chi connectivity index (χ3n) is 4.22. The SMILES string of the molecule is C[C@@H]1CN(Cc2cc(N)n3nc(-c4ccc(Br)o4)nc3c2)C[C@H](C)O1. The van der Waals surface area contributed by atoms with Gasteiger partial charge in [-0.25, -0.2) is 4.98 Å². The Labute approximate surface area is 153 Å². The van der Waals surface area contributed by atoms with Crippen molar-refractivity contribution >= 4 is 27.4 Å². The van der Waals surface area contributed by atoms with Crippen LogP contribution in [-0.4, -0.2) is 44.8 Å². The van der Waals surface area contributed by atoms with Crippen molar-refractivity contribution in [3.05, 3.63) is 34.5 Å². The third kappa shape index (κ3) is 3.42. The van der Waals surface area contributed by atoms with Crippen LogP contribution in [0, 0.1) is 0 Å². The first-order valence-corrected chi connectivity index (χ1v) is 9.06. The molecule has 3 aromatic rings. The van der Waals surface area contributed by atoms with E-state index in [2.05, 4.69) is 44.8 Å². The number of rotatable bonds is 3. The molecular weight excluding hydrogens is 386 g/mol. The van der Waals surface area contributed by atoms with Gasteiger partial charge in [-0.3, -0.25) is 4.90 Å². The molecule has 1 aliphatic rings. The second-order valence-corrected chi connectivity index (χ2v) is 7.33. The Balaban J connectivity index is 1.62. The van der Waals surface area contributed by atoms with Crippen molar-refractivity contribution in [3.63, 3.8) is 0 Å². The molecule has 2 atom stereocenters. The number of nitrogen functional groups attached to an aromatic ring is 1. The lowest BCUT2D eigenvalue weighted by molar-refractivity contribution is -0.0704. The van der Waals surface area contributed by atoms with E-state index < -0.39 is 0 Å². The molecular formula is C17H20BrN5O2. The number of anilines is 1. The number of aromatic nitrogens is 3. The number of halogens is 1. The maximum Gasteiger partial charge on any atom is 0.218 e. The molecule has 25 heavy (non-hydrogen) atoms. The monoisotopic (exact) mass is 405 g/mol. The number of furan rings is 1. The summed E-state index contributed by atoms with van der Waals surface area (Å²) in [6, 6.07) is 7.62. The summed E-state index contributed by atoms with van der Waals surface area (Å²) >= 11 is 3.29. The van der Waals surface area contributed by atoms with Crippen molar-refractivity contribution in [2.24, 2.45) is 0 Å². The van der Waals surface area contributed by atoms with E-state index in [1.807, 2.05) is 24.3 Å². The minimum absolute atomic E-state index is 0.238. The number of morpholine rings is 1. The van der Waals surface area contributed by atoms with Gasteiger partial charge in [0, 0.05) is 19.6 Å². The van der Waals surface area contributed by atoms with Crippen molar-refractivity contribution in [1.82, 2.24) is 19.5 Å². The standard InChI is InChI=1S/C17H20BrN5O2/c1-10-7-22(8-11(2)24-10)9-12-5-15(19)23-16(6-12)20-17(21-23)13-3-4-14(18)25-13/h3-6,10-11H,7-9,19H2,1-2H3/t10-,11+. The van der Waals surface area contributed by atoms with Crippen LogP contribution < -0.4 is 5.73 Å². The summed E-state index contributed by atoms with van der Waals surface area (Å²) in [6.45, 7) is 6.84. The van der Waals surface area contributed by atoms with Gasteiger partial charge in [-0.05, 0) is 59.6 Å². The summed E-state index contributed by atoms with van der Waals surface area (Å²) in [4.78, 5) is 6.93. The number of ether oxygens (including phenoxy) is 1. The van der Waals surface area contributed by atoms with Crippen molar-refractivity contribution < 1.29 is 9.15 Å². The van der Waals surface area contributed by atoms with Crippen LogP contribution in [0.2, 0.25) is 0 Å². The van der Waals surface area contributed by atoms with Gasteiger partial charge in [0.1, 0.15) is 5.82 Å². The van der Waals surface area contributed by atoms with E-state index in [9.17, 15) is 0 Å². The van der Waals surface area contributed by atoms with Gasteiger partial charge < -0.3 is 14.9 Å². The predicted molar refractivity (Wildman–Crippen MR) is 98.1 cm³/mol. The molecule has 3 aromatic heterocycles. The van der Waals surface area contributed by atoms with Crippen LogP contribution in [0.5, 0.6) is 0 Å². The topological polar surface area (TPSA) is 81.8 Å². The maximum atomic E-state index is 6.19. The predicted octanol–water partition coefficient (Wildman–Crippen LogP) is 2.94. The Morgan fingerprint density at radius 3 is 2.68 bits per heavy atom. The maximum absolute atomic E-state index is 6.19. The molecule has 0 bridgehead atoms. The molecule has 0 spiro atoms. The average Bonchev–Trinajstić information content (AvgIpc) is 3.12. The normalized spacial score (nSPS) is 21.9. The van der Waals surface area contributed by atoms with Crippen LogP contribution in [-0.2, 0) is 11.3 Å². The van der Waals surface area contributed by atoms with Crippen molar-refractivity contribution in [3.8, 4) is 11.6 Å². The van der Waals surface area contributed by atoms with Crippen LogP contribution in [0.15, 0.2) is 33.4 Å². The van der Waals surface area contributed by atoms with Gasteiger partial charge in [0.15, 0.2) is 16.1 Å². The summed E-state index contributed by atoms with van der Waals surface area (Å²) in [5, 5.41) is 4.44. The zero-order valence-corrected chi connectivity index (χ0v) is 15.7. The highest BCUT2D eigenvalue weighted by Crippen LogP contribution is 2.24. The molecule has 8 heteroatoms. The average molecular weight is 406 g/mol. The minimum Gasteiger partial charge on any atom is -0.446 e. The zero-order valence-electron chi connectivity index (χ0n) is 14.1. The van der Waals surface area contributed by atoms with E-state index >= 15 is 0 Å². The van der Waals surface area contributed by atoms with Crippen LogP contribution in [0.25, 0.3) is 17.2 Å². The van der Waals surface area contributed by atoms with Gasteiger partial charge in [0.2, 0.25) is 5.82 Å². The smallest absolute Gasteiger partial charge is 0.218 e. The van der Waals surface area contributed by atoms with E-state index in [0.717, 1.165) is 25.2 Å². The Kier molecular flexibility index (Phi) is 4.26. The number of hydrogen-bond donors (Lipinski definition) is 1. The summed E-state index contributed by atoms with van der Waals surface area (Å²) in [7, 11) is 0.